The predicted octanol–water partition coefficient (Wildman–Crippen LogP) is 1.58. The number of hydrogen-bond acceptors (Lipinski definition) is 3. The minimum atomic E-state index is 0.188. The van der Waals surface area contributed by atoms with Crippen molar-refractivity contribution in [1.82, 2.24) is 4.90 Å². The fraction of sp³-hybridized carbons (Fsp3) is 0.889. The Morgan fingerprint density at radius 3 is 3.08 bits per heavy atom. The van der Waals surface area contributed by atoms with Crippen LogP contribution in [0.5, 0.6) is 0 Å². The second kappa shape index (κ2) is 5.45. The van der Waals surface area contributed by atoms with Gasteiger partial charge in [0.2, 0.25) is 0 Å². The van der Waals surface area contributed by atoms with Gasteiger partial charge in [0.1, 0.15) is 0 Å². The fourth-order valence-corrected chi connectivity index (χ4v) is 2.33. The second-order valence-corrected chi connectivity index (χ2v) is 4.52. The van der Waals surface area contributed by atoms with Crippen molar-refractivity contribution >= 4 is 11.8 Å². The van der Waals surface area contributed by atoms with E-state index in [2.05, 4.69) is 11.0 Å². The number of hydrogen-bond donors (Lipinski definition) is 0. The van der Waals surface area contributed by atoms with Crippen LogP contribution in [0.3, 0.4) is 0 Å². The van der Waals surface area contributed by atoms with E-state index in [1.54, 1.807) is 0 Å². The molecule has 0 aliphatic carbocycles. The molecular weight excluding hydrogens is 168 g/mol. The van der Waals surface area contributed by atoms with Crippen molar-refractivity contribution in [2.45, 2.75) is 13.3 Å². The number of nitriles is 1. The van der Waals surface area contributed by atoms with Crippen LogP contribution in [-0.2, 0) is 0 Å². The Morgan fingerprint density at radius 2 is 2.33 bits per heavy atom. The molecule has 0 saturated carbocycles. The molecule has 3 heteroatoms. The van der Waals surface area contributed by atoms with Crippen LogP contribution in [-0.4, -0.2) is 36.0 Å². The van der Waals surface area contributed by atoms with Gasteiger partial charge < -0.3 is 4.90 Å². The zero-order valence-corrected chi connectivity index (χ0v) is 8.44. The van der Waals surface area contributed by atoms with E-state index in [9.17, 15) is 0 Å². The van der Waals surface area contributed by atoms with Gasteiger partial charge in [-0.25, -0.2) is 0 Å². The van der Waals surface area contributed by atoms with Crippen LogP contribution in [0.2, 0.25) is 0 Å². The lowest BCUT2D eigenvalue weighted by Crippen LogP contribution is -2.30. The van der Waals surface area contributed by atoms with Gasteiger partial charge in [0.05, 0.1) is 12.0 Å². The average Bonchev–Trinajstić information content (AvgIpc) is 2.33. The summed E-state index contributed by atoms with van der Waals surface area (Å²) in [6, 6.07) is 2.28. The first kappa shape index (κ1) is 9.88. The van der Waals surface area contributed by atoms with Crippen molar-refractivity contribution in [1.29, 1.82) is 5.26 Å². The summed E-state index contributed by atoms with van der Waals surface area (Å²) in [6.45, 7) is 5.30. The van der Waals surface area contributed by atoms with Gasteiger partial charge in [-0.15, -0.1) is 0 Å². The van der Waals surface area contributed by atoms with E-state index in [4.69, 9.17) is 5.26 Å². The lowest BCUT2D eigenvalue weighted by Gasteiger charge is -2.19. The average molecular weight is 184 g/mol. The summed E-state index contributed by atoms with van der Waals surface area (Å²) in [5.41, 5.74) is 0. The molecule has 1 fully saturated rings. The zero-order chi connectivity index (χ0) is 8.81. The molecule has 1 rings (SSSR count). The van der Waals surface area contributed by atoms with Gasteiger partial charge in [0, 0.05) is 18.8 Å². The molecule has 1 aliphatic heterocycles. The first-order valence-corrected chi connectivity index (χ1v) is 5.68. The Balaban J connectivity index is 2.25. The topological polar surface area (TPSA) is 27.0 Å². The van der Waals surface area contributed by atoms with E-state index in [1.807, 2.05) is 18.7 Å². The number of nitrogens with zero attached hydrogens (tertiary/aromatic N) is 2. The molecule has 0 aromatic carbocycles. The van der Waals surface area contributed by atoms with Crippen LogP contribution < -0.4 is 0 Å². The third-order valence-electron chi connectivity index (χ3n) is 2.07. The highest BCUT2D eigenvalue weighted by molar-refractivity contribution is 7.99. The molecule has 0 aromatic heterocycles. The van der Waals surface area contributed by atoms with Gasteiger partial charge in [0.15, 0.2) is 0 Å². The van der Waals surface area contributed by atoms with E-state index >= 15 is 0 Å². The van der Waals surface area contributed by atoms with Crippen LogP contribution in [0.1, 0.15) is 13.3 Å². The normalized spacial score (nSPS) is 22.7. The van der Waals surface area contributed by atoms with Gasteiger partial charge in [-0.2, -0.15) is 17.0 Å². The highest BCUT2D eigenvalue weighted by Crippen LogP contribution is 2.11. The molecule has 1 unspecified atom stereocenters. The maximum absolute atomic E-state index is 8.65. The molecule has 1 saturated heterocycles. The lowest BCUT2D eigenvalue weighted by molar-refractivity contribution is 0.275. The molecule has 0 aromatic rings. The summed E-state index contributed by atoms with van der Waals surface area (Å²) in [4.78, 5) is 2.41. The van der Waals surface area contributed by atoms with Gasteiger partial charge in [-0.3, -0.25) is 0 Å². The minimum Gasteiger partial charge on any atom is -0.301 e. The first-order valence-electron chi connectivity index (χ1n) is 4.52. The summed E-state index contributed by atoms with van der Waals surface area (Å²) in [5, 5.41) is 8.65. The smallest absolute Gasteiger partial charge is 0.0666 e. The molecule has 68 valence electrons. The number of rotatable bonds is 2. The van der Waals surface area contributed by atoms with Gasteiger partial charge in [-0.05, 0) is 25.6 Å². The van der Waals surface area contributed by atoms with E-state index in [0.29, 0.717) is 0 Å². The highest BCUT2D eigenvalue weighted by Gasteiger charge is 2.11. The molecule has 2 nitrogen and oxygen atoms in total. The Labute approximate surface area is 78.9 Å². The van der Waals surface area contributed by atoms with E-state index in [-0.39, 0.29) is 5.92 Å². The molecule has 0 N–H and O–H groups in total. The predicted molar refractivity (Wildman–Crippen MR) is 53.2 cm³/mol. The Morgan fingerprint density at radius 1 is 1.50 bits per heavy atom. The molecule has 0 amide bonds. The van der Waals surface area contributed by atoms with Crippen molar-refractivity contribution in [2.24, 2.45) is 5.92 Å². The van der Waals surface area contributed by atoms with Gasteiger partial charge in [-0.1, -0.05) is 0 Å². The van der Waals surface area contributed by atoms with E-state index in [1.165, 1.54) is 24.5 Å². The monoisotopic (exact) mass is 184 g/mol. The van der Waals surface area contributed by atoms with Gasteiger partial charge >= 0.3 is 0 Å². The van der Waals surface area contributed by atoms with E-state index < -0.39 is 0 Å². The third kappa shape index (κ3) is 3.46. The summed E-state index contributed by atoms with van der Waals surface area (Å²) < 4.78 is 0. The largest absolute Gasteiger partial charge is 0.301 e. The Bertz CT molecular complexity index is 156. The SMILES string of the molecule is CC(C#N)CN1CCCSCC1. The van der Waals surface area contributed by atoms with Crippen LogP contribution in [0.25, 0.3) is 0 Å². The molecule has 1 atom stereocenters. The van der Waals surface area contributed by atoms with Crippen molar-refractivity contribution in [3.8, 4) is 6.07 Å². The fourth-order valence-electron chi connectivity index (χ4n) is 1.41. The molecule has 12 heavy (non-hydrogen) atoms. The van der Waals surface area contributed by atoms with Crippen molar-refractivity contribution in [2.75, 3.05) is 31.1 Å². The molecule has 1 aliphatic rings. The van der Waals surface area contributed by atoms with E-state index in [0.717, 1.165) is 13.1 Å². The van der Waals surface area contributed by atoms with Gasteiger partial charge in [0.25, 0.3) is 0 Å². The summed E-state index contributed by atoms with van der Waals surface area (Å²) in [7, 11) is 0. The Hall–Kier alpha value is -0.200. The van der Waals surface area contributed by atoms with Crippen LogP contribution in [0.15, 0.2) is 0 Å². The summed E-state index contributed by atoms with van der Waals surface area (Å²) in [5.74, 6) is 2.71. The molecule has 0 bridgehead atoms. The standard InChI is InChI=1S/C9H16N2S/c1-9(7-10)8-11-3-2-5-12-6-4-11/h9H,2-6,8H2,1H3. The maximum Gasteiger partial charge on any atom is 0.0666 e. The highest BCUT2D eigenvalue weighted by atomic mass is 32.2. The maximum atomic E-state index is 8.65. The molecule has 0 radical (unpaired) electrons. The molecular formula is C9H16N2S. The van der Waals surface area contributed by atoms with Crippen LogP contribution in [0.4, 0.5) is 0 Å². The summed E-state index contributed by atoms with van der Waals surface area (Å²) in [6.07, 6.45) is 1.28. The van der Waals surface area contributed by atoms with Crippen molar-refractivity contribution in [3.05, 3.63) is 0 Å². The van der Waals surface area contributed by atoms with Crippen LogP contribution >= 0.6 is 11.8 Å². The Kier molecular flexibility index (Phi) is 4.49. The van der Waals surface area contributed by atoms with Crippen molar-refractivity contribution in [3.63, 3.8) is 0 Å². The minimum absolute atomic E-state index is 0.188. The summed E-state index contributed by atoms with van der Waals surface area (Å²) >= 11 is 2.03. The lowest BCUT2D eigenvalue weighted by atomic mass is 10.2. The molecule has 0 spiro atoms. The zero-order valence-electron chi connectivity index (χ0n) is 7.62. The number of thioether (sulfide) groups is 1. The van der Waals surface area contributed by atoms with Crippen LogP contribution in [0, 0.1) is 17.2 Å². The first-order chi connectivity index (χ1) is 5.83. The molecule has 1 heterocycles. The third-order valence-corrected chi connectivity index (χ3v) is 3.12. The van der Waals surface area contributed by atoms with Crippen molar-refractivity contribution < 1.29 is 0 Å². The quantitative estimate of drug-likeness (QED) is 0.652. The second-order valence-electron chi connectivity index (χ2n) is 3.30.